The largest absolute Gasteiger partial charge is 0.494 e. The van der Waals surface area contributed by atoms with Gasteiger partial charge in [0.2, 0.25) is 0 Å². The number of hydrogen-bond acceptors (Lipinski definition) is 3. The van der Waals surface area contributed by atoms with Crippen LogP contribution in [-0.4, -0.2) is 36.3 Å². The minimum atomic E-state index is 0.146. The monoisotopic (exact) mass is 235 g/mol. The first-order chi connectivity index (χ1) is 8.35. The van der Waals surface area contributed by atoms with Gasteiger partial charge in [-0.3, -0.25) is 4.90 Å². The number of ether oxygens (including phenoxy) is 1. The third-order valence-electron chi connectivity index (χ3n) is 3.33. The smallest absolute Gasteiger partial charge is 0.119 e. The predicted octanol–water partition coefficient (Wildman–Crippen LogP) is 2.21. The van der Waals surface area contributed by atoms with E-state index in [4.69, 9.17) is 4.74 Å². The Balaban J connectivity index is 2.07. The summed E-state index contributed by atoms with van der Waals surface area (Å²) in [7, 11) is 0. The van der Waals surface area contributed by atoms with Crippen molar-refractivity contribution in [3.05, 3.63) is 29.8 Å². The van der Waals surface area contributed by atoms with Crippen LogP contribution in [0.3, 0.4) is 0 Å². The summed E-state index contributed by atoms with van der Waals surface area (Å²) in [6, 6.07) is 8.23. The number of aliphatic hydroxyl groups is 1. The fourth-order valence-electron chi connectivity index (χ4n) is 2.44. The second-order valence-electron chi connectivity index (χ2n) is 4.44. The van der Waals surface area contributed by atoms with Crippen LogP contribution in [0.1, 0.15) is 31.4 Å². The zero-order valence-electron chi connectivity index (χ0n) is 10.4. The van der Waals surface area contributed by atoms with Crippen molar-refractivity contribution >= 4 is 0 Å². The highest BCUT2D eigenvalue weighted by Crippen LogP contribution is 2.26. The van der Waals surface area contributed by atoms with E-state index in [0.717, 1.165) is 18.8 Å². The molecule has 17 heavy (non-hydrogen) atoms. The maximum absolute atomic E-state index is 9.54. The Hall–Kier alpha value is -1.06. The van der Waals surface area contributed by atoms with E-state index in [-0.39, 0.29) is 12.6 Å². The molecule has 3 heteroatoms. The third kappa shape index (κ3) is 2.99. The number of benzene rings is 1. The van der Waals surface area contributed by atoms with Gasteiger partial charge in [-0.05, 0) is 50.6 Å². The van der Waals surface area contributed by atoms with Crippen molar-refractivity contribution in [2.24, 2.45) is 0 Å². The van der Waals surface area contributed by atoms with Crippen molar-refractivity contribution in [2.45, 2.75) is 25.8 Å². The zero-order valence-corrected chi connectivity index (χ0v) is 10.4. The van der Waals surface area contributed by atoms with Gasteiger partial charge in [0.15, 0.2) is 0 Å². The molecule has 0 aromatic heterocycles. The highest BCUT2D eigenvalue weighted by molar-refractivity contribution is 5.29. The van der Waals surface area contributed by atoms with E-state index in [1.54, 1.807) is 0 Å². The number of hydrogen-bond donors (Lipinski definition) is 1. The van der Waals surface area contributed by atoms with Crippen LogP contribution in [0.15, 0.2) is 24.3 Å². The maximum atomic E-state index is 9.54. The summed E-state index contributed by atoms with van der Waals surface area (Å²) in [5.41, 5.74) is 1.18. The molecule has 2 rings (SSSR count). The number of aliphatic hydroxyl groups excluding tert-OH is 1. The second-order valence-corrected chi connectivity index (χ2v) is 4.44. The Morgan fingerprint density at radius 2 is 1.88 bits per heavy atom. The minimum Gasteiger partial charge on any atom is -0.494 e. The van der Waals surface area contributed by atoms with Crippen LogP contribution in [0.2, 0.25) is 0 Å². The van der Waals surface area contributed by atoms with Gasteiger partial charge in [0.25, 0.3) is 0 Å². The molecule has 0 amide bonds. The standard InChI is InChI=1S/C14H21NO2/c1-2-17-13-7-5-12(6-8-13)14(11-16)15-9-3-4-10-15/h5-8,14,16H,2-4,9-11H2,1H3/t14-/m1/s1. The van der Waals surface area contributed by atoms with E-state index >= 15 is 0 Å². The molecule has 1 heterocycles. The minimum absolute atomic E-state index is 0.146. The summed E-state index contributed by atoms with van der Waals surface area (Å²) in [5.74, 6) is 0.898. The van der Waals surface area contributed by atoms with Crippen molar-refractivity contribution in [3.63, 3.8) is 0 Å². The lowest BCUT2D eigenvalue weighted by atomic mass is 10.1. The molecule has 1 aromatic carbocycles. The molecule has 0 radical (unpaired) electrons. The first-order valence-electron chi connectivity index (χ1n) is 6.43. The Morgan fingerprint density at radius 3 is 2.41 bits per heavy atom. The van der Waals surface area contributed by atoms with Gasteiger partial charge in [0.05, 0.1) is 19.3 Å². The third-order valence-corrected chi connectivity index (χ3v) is 3.33. The van der Waals surface area contributed by atoms with Gasteiger partial charge in [0.1, 0.15) is 5.75 Å². The molecule has 94 valence electrons. The molecular formula is C14H21NO2. The van der Waals surface area contributed by atoms with Crippen LogP contribution in [0.5, 0.6) is 5.75 Å². The van der Waals surface area contributed by atoms with Gasteiger partial charge in [-0.25, -0.2) is 0 Å². The molecular weight excluding hydrogens is 214 g/mol. The van der Waals surface area contributed by atoms with Crippen LogP contribution < -0.4 is 4.74 Å². The summed E-state index contributed by atoms with van der Waals surface area (Å²) in [4.78, 5) is 2.36. The fraction of sp³-hybridized carbons (Fsp3) is 0.571. The average Bonchev–Trinajstić information content (AvgIpc) is 2.86. The van der Waals surface area contributed by atoms with Gasteiger partial charge >= 0.3 is 0 Å². The van der Waals surface area contributed by atoms with Gasteiger partial charge in [-0.1, -0.05) is 12.1 Å². The highest BCUT2D eigenvalue weighted by Gasteiger charge is 2.22. The molecule has 1 aliphatic rings. The topological polar surface area (TPSA) is 32.7 Å². The average molecular weight is 235 g/mol. The molecule has 0 unspecified atom stereocenters. The van der Waals surface area contributed by atoms with Crippen LogP contribution in [-0.2, 0) is 0 Å². The first kappa shape index (κ1) is 12.4. The van der Waals surface area contributed by atoms with E-state index in [2.05, 4.69) is 17.0 Å². The lowest BCUT2D eigenvalue weighted by Gasteiger charge is -2.26. The maximum Gasteiger partial charge on any atom is 0.119 e. The van der Waals surface area contributed by atoms with E-state index in [1.165, 1.54) is 18.4 Å². The molecule has 0 saturated carbocycles. The lowest BCUT2D eigenvalue weighted by molar-refractivity contribution is 0.147. The summed E-state index contributed by atoms with van der Waals surface area (Å²) < 4.78 is 5.42. The van der Waals surface area contributed by atoms with E-state index < -0.39 is 0 Å². The number of nitrogens with zero attached hydrogens (tertiary/aromatic N) is 1. The van der Waals surface area contributed by atoms with Crippen molar-refractivity contribution in [3.8, 4) is 5.75 Å². The Labute approximate surface area is 103 Å². The van der Waals surface area contributed by atoms with Gasteiger partial charge < -0.3 is 9.84 Å². The van der Waals surface area contributed by atoms with Crippen molar-refractivity contribution in [1.29, 1.82) is 0 Å². The van der Waals surface area contributed by atoms with Gasteiger partial charge in [-0.2, -0.15) is 0 Å². The Kier molecular flexibility index (Phi) is 4.40. The van der Waals surface area contributed by atoms with Crippen LogP contribution in [0.25, 0.3) is 0 Å². The van der Waals surface area contributed by atoms with Gasteiger partial charge in [-0.15, -0.1) is 0 Å². The highest BCUT2D eigenvalue weighted by atomic mass is 16.5. The summed E-state index contributed by atoms with van der Waals surface area (Å²) in [6.45, 7) is 5.05. The normalized spacial score (nSPS) is 18.2. The molecule has 0 aliphatic carbocycles. The van der Waals surface area contributed by atoms with E-state index in [9.17, 15) is 5.11 Å². The van der Waals surface area contributed by atoms with Crippen molar-refractivity contribution in [2.75, 3.05) is 26.3 Å². The molecule has 1 saturated heterocycles. The van der Waals surface area contributed by atoms with Crippen LogP contribution in [0.4, 0.5) is 0 Å². The number of rotatable bonds is 5. The van der Waals surface area contributed by atoms with Gasteiger partial charge in [0, 0.05) is 0 Å². The Morgan fingerprint density at radius 1 is 1.24 bits per heavy atom. The SMILES string of the molecule is CCOc1ccc([C@@H](CO)N2CCCC2)cc1. The van der Waals surface area contributed by atoms with Crippen LogP contribution >= 0.6 is 0 Å². The van der Waals surface area contributed by atoms with E-state index in [1.807, 2.05) is 19.1 Å². The van der Waals surface area contributed by atoms with Crippen LogP contribution in [0, 0.1) is 0 Å². The van der Waals surface area contributed by atoms with E-state index in [0.29, 0.717) is 6.61 Å². The fourth-order valence-corrected chi connectivity index (χ4v) is 2.44. The quantitative estimate of drug-likeness (QED) is 0.849. The first-order valence-corrected chi connectivity index (χ1v) is 6.43. The molecule has 0 spiro atoms. The molecule has 3 nitrogen and oxygen atoms in total. The molecule has 1 aliphatic heterocycles. The van der Waals surface area contributed by atoms with Crippen molar-refractivity contribution < 1.29 is 9.84 Å². The predicted molar refractivity (Wildman–Crippen MR) is 68.2 cm³/mol. The zero-order chi connectivity index (χ0) is 12.1. The molecule has 1 atom stereocenters. The van der Waals surface area contributed by atoms with Crippen molar-refractivity contribution in [1.82, 2.24) is 4.90 Å². The molecule has 0 bridgehead atoms. The Bertz CT molecular complexity index is 331. The lowest BCUT2D eigenvalue weighted by Crippen LogP contribution is -2.28. The summed E-state index contributed by atoms with van der Waals surface area (Å²) >= 11 is 0. The number of likely N-dealkylation sites (tertiary alicyclic amines) is 1. The summed E-state index contributed by atoms with van der Waals surface area (Å²) in [5, 5.41) is 9.54. The molecule has 1 N–H and O–H groups in total. The second kappa shape index (κ2) is 6.03. The molecule has 1 fully saturated rings. The summed E-state index contributed by atoms with van der Waals surface area (Å²) in [6.07, 6.45) is 2.49. The molecule has 1 aromatic rings.